The third-order valence-electron chi connectivity index (χ3n) is 4.61. The van der Waals surface area contributed by atoms with Crippen molar-refractivity contribution in [3.05, 3.63) is 40.4 Å². The van der Waals surface area contributed by atoms with Gasteiger partial charge in [-0.2, -0.15) is 0 Å². The minimum Gasteiger partial charge on any atom is -0.342 e. The van der Waals surface area contributed by atoms with Crippen molar-refractivity contribution >= 4 is 17.2 Å². The second kappa shape index (κ2) is 6.83. The Morgan fingerprint density at radius 1 is 1.30 bits per heavy atom. The number of amides is 1. The number of rotatable bonds is 3. The Bertz CT molecular complexity index is 699. The highest BCUT2D eigenvalue weighted by molar-refractivity contribution is 7.15. The molecule has 1 fully saturated rings. The first kappa shape index (κ1) is 16.2. The number of aryl methyl sites for hydroxylation is 2. The maximum Gasteiger partial charge on any atom is 0.227 e. The van der Waals surface area contributed by atoms with E-state index in [-0.39, 0.29) is 5.91 Å². The first-order valence-electron chi connectivity index (χ1n) is 8.34. The molecule has 0 aliphatic carbocycles. The van der Waals surface area contributed by atoms with Gasteiger partial charge in [-0.05, 0) is 38.7 Å². The summed E-state index contributed by atoms with van der Waals surface area (Å²) < 4.78 is 0. The van der Waals surface area contributed by atoms with Crippen LogP contribution in [0.5, 0.6) is 0 Å². The first-order chi connectivity index (χ1) is 11.0. The van der Waals surface area contributed by atoms with Crippen LogP contribution in [-0.4, -0.2) is 28.9 Å². The van der Waals surface area contributed by atoms with Crippen LogP contribution in [0.15, 0.2) is 24.3 Å². The van der Waals surface area contributed by atoms with Crippen LogP contribution in [0.25, 0.3) is 10.6 Å². The predicted octanol–water partition coefficient (Wildman–Crippen LogP) is 4.23. The number of carbonyl (C=O) groups is 1. The summed E-state index contributed by atoms with van der Waals surface area (Å²) in [6, 6.07) is 8.38. The van der Waals surface area contributed by atoms with E-state index in [2.05, 4.69) is 43.1 Å². The van der Waals surface area contributed by atoms with Crippen LogP contribution in [0, 0.1) is 19.8 Å². The van der Waals surface area contributed by atoms with Crippen molar-refractivity contribution in [2.75, 3.05) is 13.1 Å². The Morgan fingerprint density at radius 3 is 2.74 bits per heavy atom. The van der Waals surface area contributed by atoms with Crippen molar-refractivity contribution in [3.63, 3.8) is 0 Å². The van der Waals surface area contributed by atoms with Crippen molar-refractivity contribution in [1.82, 2.24) is 9.88 Å². The number of aromatic nitrogens is 1. The smallest absolute Gasteiger partial charge is 0.227 e. The Balaban J connectivity index is 1.72. The number of piperidine rings is 1. The van der Waals surface area contributed by atoms with Crippen LogP contribution < -0.4 is 0 Å². The van der Waals surface area contributed by atoms with Crippen LogP contribution >= 0.6 is 11.3 Å². The van der Waals surface area contributed by atoms with Gasteiger partial charge >= 0.3 is 0 Å². The molecule has 0 saturated carbocycles. The van der Waals surface area contributed by atoms with E-state index in [1.807, 2.05) is 11.8 Å². The molecular formula is C19H24N2OS. The van der Waals surface area contributed by atoms with E-state index < -0.39 is 0 Å². The standard InChI is InChI=1S/C19H24N2OS/c1-13-7-9-21(10-8-13)18(22)12-17-15(3)20-19(23-17)16-6-4-5-14(2)11-16/h4-6,11,13H,7-10,12H2,1-3H3. The van der Waals surface area contributed by atoms with Crippen molar-refractivity contribution in [2.45, 2.75) is 40.0 Å². The Hall–Kier alpha value is -1.68. The molecule has 1 aromatic heterocycles. The molecule has 1 aromatic carbocycles. The summed E-state index contributed by atoms with van der Waals surface area (Å²) in [5, 5.41) is 1.02. The number of nitrogens with zero attached hydrogens (tertiary/aromatic N) is 2. The van der Waals surface area contributed by atoms with Crippen LogP contribution in [0.3, 0.4) is 0 Å². The molecule has 2 heterocycles. The van der Waals surface area contributed by atoms with Crippen molar-refractivity contribution in [2.24, 2.45) is 5.92 Å². The van der Waals surface area contributed by atoms with Crippen LogP contribution in [0.1, 0.15) is 35.9 Å². The molecule has 0 radical (unpaired) electrons. The molecule has 23 heavy (non-hydrogen) atoms. The lowest BCUT2D eigenvalue weighted by molar-refractivity contribution is -0.131. The molecule has 4 heteroatoms. The predicted molar refractivity (Wildman–Crippen MR) is 95.7 cm³/mol. The average molecular weight is 328 g/mol. The zero-order valence-electron chi connectivity index (χ0n) is 14.1. The molecule has 0 unspecified atom stereocenters. The van der Waals surface area contributed by atoms with E-state index in [1.54, 1.807) is 11.3 Å². The molecule has 1 aliphatic rings. The summed E-state index contributed by atoms with van der Waals surface area (Å²) in [5.74, 6) is 0.997. The molecule has 0 N–H and O–H groups in total. The molecule has 0 bridgehead atoms. The van der Waals surface area contributed by atoms with E-state index in [0.29, 0.717) is 6.42 Å². The fraction of sp³-hybridized carbons (Fsp3) is 0.474. The van der Waals surface area contributed by atoms with E-state index >= 15 is 0 Å². The van der Waals surface area contributed by atoms with Gasteiger partial charge in [0.2, 0.25) is 5.91 Å². The zero-order valence-corrected chi connectivity index (χ0v) is 14.9. The van der Waals surface area contributed by atoms with Gasteiger partial charge in [0.1, 0.15) is 5.01 Å². The maximum atomic E-state index is 12.5. The summed E-state index contributed by atoms with van der Waals surface area (Å²) in [4.78, 5) is 20.3. The molecule has 122 valence electrons. The number of carbonyl (C=O) groups excluding carboxylic acids is 1. The fourth-order valence-electron chi connectivity index (χ4n) is 3.00. The summed E-state index contributed by atoms with van der Waals surface area (Å²) in [6.45, 7) is 8.18. The largest absolute Gasteiger partial charge is 0.342 e. The fourth-order valence-corrected chi connectivity index (χ4v) is 4.05. The first-order valence-corrected chi connectivity index (χ1v) is 9.15. The van der Waals surface area contributed by atoms with Crippen LogP contribution in [0.2, 0.25) is 0 Å². The molecule has 0 atom stereocenters. The van der Waals surface area contributed by atoms with Gasteiger partial charge in [0.25, 0.3) is 0 Å². The zero-order chi connectivity index (χ0) is 16.4. The number of likely N-dealkylation sites (tertiary alicyclic amines) is 1. The Labute approximate surface area is 142 Å². The molecule has 3 nitrogen and oxygen atoms in total. The van der Waals surface area contributed by atoms with E-state index in [4.69, 9.17) is 0 Å². The van der Waals surface area contributed by atoms with Crippen LogP contribution in [-0.2, 0) is 11.2 Å². The van der Waals surface area contributed by atoms with Gasteiger partial charge in [-0.1, -0.05) is 30.7 Å². The Morgan fingerprint density at radius 2 is 2.04 bits per heavy atom. The summed E-state index contributed by atoms with van der Waals surface area (Å²) in [5.41, 5.74) is 3.37. The molecule has 1 amide bonds. The van der Waals surface area contributed by atoms with Gasteiger partial charge in [0.15, 0.2) is 0 Å². The number of thiazole rings is 1. The highest BCUT2D eigenvalue weighted by atomic mass is 32.1. The average Bonchev–Trinajstić information content (AvgIpc) is 2.89. The lowest BCUT2D eigenvalue weighted by Gasteiger charge is -2.30. The third kappa shape index (κ3) is 3.81. The topological polar surface area (TPSA) is 33.2 Å². The van der Waals surface area contributed by atoms with Crippen molar-refractivity contribution < 1.29 is 4.79 Å². The minimum atomic E-state index is 0.249. The second-order valence-corrected chi connectivity index (χ2v) is 7.72. The quantitative estimate of drug-likeness (QED) is 0.845. The minimum absolute atomic E-state index is 0.249. The highest BCUT2D eigenvalue weighted by Crippen LogP contribution is 2.29. The van der Waals surface area contributed by atoms with Gasteiger partial charge in [-0.25, -0.2) is 4.98 Å². The lowest BCUT2D eigenvalue weighted by Crippen LogP contribution is -2.38. The molecule has 3 rings (SSSR count). The van der Waals surface area contributed by atoms with Gasteiger partial charge < -0.3 is 4.90 Å². The van der Waals surface area contributed by atoms with Crippen LogP contribution in [0.4, 0.5) is 0 Å². The normalized spacial score (nSPS) is 15.9. The second-order valence-electron chi connectivity index (χ2n) is 6.64. The third-order valence-corrected chi connectivity index (χ3v) is 5.81. The highest BCUT2D eigenvalue weighted by Gasteiger charge is 2.22. The van der Waals surface area contributed by atoms with Gasteiger partial charge in [0.05, 0.1) is 12.1 Å². The number of hydrogen-bond acceptors (Lipinski definition) is 3. The number of benzene rings is 1. The maximum absolute atomic E-state index is 12.5. The summed E-state index contributed by atoms with van der Waals surface area (Å²) in [6.07, 6.45) is 2.74. The Kier molecular flexibility index (Phi) is 4.81. The van der Waals surface area contributed by atoms with E-state index in [0.717, 1.165) is 53.0 Å². The molecule has 1 saturated heterocycles. The number of hydrogen-bond donors (Lipinski definition) is 0. The molecule has 1 aliphatic heterocycles. The van der Waals surface area contributed by atoms with E-state index in [1.165, 1.54) is 5.56 Å². The lowest BCUT2D eigenvalue weighted by atomic mass is 9.99. The van der Waals surface area contributed by atoms with E-state index in [9.17, 15) is 4.79 Å². The monoisotopic (exact) mass is 328 g/mol. The van der Waals surface area contributed by atoms with Crippen molar-refractivity contribution in [1.29, 1.82) is 0 Å². The molecular weight excluding hydrogens is 304 g/mol. The summed E-state index contributed by atoms with van der Waals surface area (Å²) in [7, 11) is 0. The van der Waals surface area contributed by atoms with Gasteiger partial charge in [-0.3, -0.25) is 4.79 Å². The molecule has 0 spiro atoms. The van der Waals surface area contributed by atoms with Crippen molar-refractivity contribution in [3.8, 4) is 10.6 Å². The van der Waals surface area contributed by atoms with Gasteiger partial charge in [-0.15, -0.1) is 11.3 Å². The SMILES string of the molecule is Cc1cccc(-c2nc(C)c(CC(=O)N3CCC(C)CC3)s2)c1. The molecule has 2 aromatic rings. The summed E-state index contributed by atoms with van der Waals surface area (Å²) >= 11 is 1.66. The van der Waals surface area contributed by atoms with Gasteiger partial charge in [0, 0.05) is 23.5 Å².